The second kappa shape index (κ2) is 9.49. The molecule has 1 aliphatic heterocycles. The summed E-state index contributed by atoms with van der Waals surface area (Å²) < 4.78 is 0. The first-order valence-corrected chi connectivity index (χ1v) is 11.8. The summed E-state index contributed by atoms with van der Waals surface area (Å²) in [6.45, 7) is 1.07. The molecule has 5 rings (SSSR count). The molecule has 3 aromatic carbocycles. The number of nitrogens with two attached hydrogens (primary N) is 1. The van der Waals surface area contributed by atoms with Gasteiger partial charge in [-0.05, 0) is 48.9 Å². The van der Waals surface area contributed by atoms with E-state index < -0.39 is 0 Å². The number of hydrogen-bond donors (Lipinski definition) is 1. The number of benzene rings is 3. The van der Waals surface area contributed by atoms with E-state index in [-0.39, 0.29) is 6.04 Å². The summed E-state index contributed by atoms with van der Waals surface area (Å²) in [5.74, 6) is 0. The number of nitrogens with zero attached hydrogens (tertiary/aromatic N) is 2. The van der Waals surface area contributed by atoms with Gasteiger partial charge in [-0.15, -0.1) is 0 Å². The molecular formula is C28H32N3+. The van der Waals surface area contributed by atoms with Gasteiger partial charge in [-0.25, -0.2) is 0 Å². The monoisotopic (exact) mass is 410 g/mol. The van der Waals surface area contributed by atoms with Crippen LogP contribution >= 0.6 is 0 Å². The van der Waals surface area contributed by atoms with Crippen LogP contribution in [0.3, 0.4) is 0 Å². The number of anilines is 1. The normalized spacial score (nSPS) is 19.4. The second-order valence-corrected chi connectivity index (χ2v) is 8.89. The zero-order chi connectivity index (χ0) is 20.9. The van der Waals surface area contributed by atoms with Crippen molar-refractivity contribution in [2.45, 2.75) is 57.2 Å². The molecule has 1 aliphatic carbocycles. The minimum atomic E-state index is 0.232. The van der Waals surface area contributed by atoms with Crippen molar-refractivity contribution in [2.75, 3.05) is 5.01 Å². The van der Waals surface area contributed by atoms with Gasteiger partial charge in [0.1, 0.15) is 6.54 Å². The van der Waals surface area contributed by atoms with Gasteiger partial charge >= 0.3 is 0 Å². The Hall–Kier alpha value is -2.91. The van der Waals surface area contributed by atoms with Crippen LogP contribution in [0.15, 0.2) is 90.0 Å². The molecule has 1 fully saturated rings. The number of quaternary nitrogens is 1. The van der Waals surface area contributed by atoms with Crippen molar-refractivity contribution < 1.29 is 5.32 Å². The Bertz CT molecular complexity index is 989. The Balaban J connectivity index is 1.35. The van der Waals surface area contributed by atoms with Gasteiger partial charge in [0.15, 0.2) is 0 Å². The third kappa shape index (κ3) is 4.72. The van der Waals surface area contributed by atoms with Crippen molar-refractivity contribution in [3.8, 4) is 0 Å². The summed E-state index contributed by atoms with van der Waals surface area (Å²) in [5, 5.41) is 9.84. The van der Waals surface area contributed by atoms with E-state index in [4.69, 9.17) is 5.10 Å². The molecule has 158 valence electrons. The molecule has 0 bridgehead atoms. The maximum Gasteiger partial charge on any atom is 0.101 e. The molecule has 0 saturated heterocycles. The van der Waals surface area contributed by atoms with E-state index in [0.29, 0.717) is 0 Å². The van der Waals surface area contributed by atoms with Crippen molar-refractivity contribution in [1.82, 2.24) is 0 Å². The van der Waals surface area contributed by atoms with Gasteiger partial charge < -0.3 is 5.32 Å². The van der Waals surface area contributed by atoms with Gasteiger partial charge in [0.25, 0.3) is 0 Å². The molecule has 31 heavy (non-hydrogen) atoms. The first kappa shape index (κ1) is 20.0. The van der Waals surface area contributed by atoms with Crippen LogP contribution in [-0.2, 0) is 6.54 Å². The molecule has 0 spiro atoms. The van der Waals surface area contributed by atoms with E-state index in [1.165, 1.54) is 54.5 Å². The number of rotatable bonds is 6. The Morgan fingerprint density at radius 3 is 2.16 bits per heavy atom. The van der Waals surface area contributed by atoms with Gasteiger partial charge in [0.05, 0.1) is 23.5 Å². The third-order valence-electron chi connectivity index (χ3n) is 6.74. The van der Waals surface area contributed by atoms with Crippen LogP contribution in [-0.4, -0.2) is 11.8 Å². The summed E-state index contributed by atoms with van der Waals surface area (Å²) in [5.41, 5.74) is 6.25. The van der Waals surface area contributed by atoms with Gasteiger partial charge in [-0.3, -0.25) is 5.01 Å². The Kier molecular flexibility index (Phi) is 6.13. The van der Waals surface area contributed by atoms with Crippen LogP contribution < -0.4 is 10.3 Å². The zero-order valence-electron chi connectivity index (χ0n) is 18.2. The van der Waals surface area contributed by atoms with E-state index in [0.717, 1.165) is 24.7 Å². The summed E-state index contributed by atoms with van der Waals surface area (Å²) in [7, 11) is 0. The smallest absolute Gasteiger partial charge is 0.101 e. The standard InChI is InChI=1S/C28H31N3/c1-4-10-23(11-5-1)27-20-28(24-12-6-2-7-13-24)31(30-27)26-18-16-22(17-19-26)21-29-25-14-8-3-9-15-25/h1-2,4-7,10-13,16-19,25,28-29H,3,8-9,14-15,20-21H2/p+1/t28-/m0/s1. The van der Waals surface area contributed by atoms with Crippen molar-refractivity contribution >= 4 is 11.4 Å². The summed E-state index contributed by atoms with van der Waals surface area (Å²) >= 11 is 0. The van der Waals surface area contributed by atoms with E-state index in [1.807, 2.05) is 0 Å². The molecule has 1 atom stereocenters. The predicted octanol–water partition coefficient (Wildman–Crippen LogP) is 5.44. The quantitative estimate of drug-likeness (QED) is 0.577. The minimum absolute atomic E-state index is 0.232. The second-order valence-electron chi connectivity index (χ2n) is 8.89. The van der Waals surface area contributed by atoms with Gasteiger partial charge in [0, 0.05) is 12.0 Å². The van der Waals surface area contributed by atoms with Gasteiger partial charge in [-0.1, -0.05) is 79.2 Å². The maximum atomic E-state index is 5.08. The van der Waals surface area contributed by atoms with Crippen molar-refractivity contribution in [3.63, 3.8) is 0 Å². The van der Waals surface area contributed by atoms with Crippen molar-refractivity contribution in [1.29, 1.82) is 0 Å². The molecule has 2 N–H and O–H groups in total. The summed E-state index contributed by atoms with van der Waals surface area (Å²) in [4.78, 5) is 0. The van der Waals surface area contributed by atoms with E-state index in [2.05, 4.69) is 95.3 Å². The summed E-state index contributed by atoms with van der Waals surface area (Å²) in [6, 6.07) is 31.4. The Morgan fingerprint density at radius 2 is 1.45 bits per heavy atom. The molecule has 0 aromatic heterocycles. The van der Waals surface area contributed by atoms with Crippen LogP contribution in [0.1, 0.15) is 61.3 Å². The van der Waals surface area contributed by atoms with Crippen LogP contribution in [0.2, 0.25) is 0 Å². The third-order valence-corrected chi connectivity index (χ3v) is 6.74. The van der Waals surface area contributed by atoms with Crippen LogP contribution in [0.5, 0.6) is 0 Å². The van der Waals surface area contributed by atoms with Gasteiger partial charge in [0.2, 0.25) is 0 Å². The topological polar surface area (TPSA) is 32.2 Å². The highest BCUT2D eigenvalue weighted by Gasteiger charge is 2.29. The lowest BCUT2D eigenvalue weighted by molar-refractivity contribution is -0.706. The molecule has 3 aromatic rings. The highest BCUT2D eigenvalue weighted by Crippen LogP contribution is 2.36. The molecular weight excluding hydrogens is 378 g/mol. The van der Waals surface area contributed by atoms with E-state index >= 15 is 0 Å². The molecule has 1 heterocycles. The molecule has 1 saturated carbocycles. The number of hydrogen-bond acceptors (Lipinski definition) is 2. The molecule has 0 unspecified atom stereocenters. The Labute approximate surface area is 185 Å². The Morgan fingerprint density at radius 1 is 0.774 bits per heavy atom. The van der Waals surface area contributed by atoms with Gasteiger partial charge in [-0.2, -0.15) is 5.10 Å². The fourth-order valence-corrected chi connectivity index (χ4v) is 4.95. The van der Waals surface area contributed by atoms with Crippen LogP contribution in [0.25, 0.3) is 0 Å². The van der Waals surface area contributed by atoms with Crippen LogP contribution in [0, 0.1) is 0 Å². The maximum absolute atomic E-state index is 5.08. The first-order valence-electron chi connectivity index (χ1n) is 11.8. The largest absolute Gasteiger partial charge is 0.340 e. The highest BCUT2D eigenvalue weighted by molar-refractivity contribution is 6.03. The molecule has 3 heteroatoms. The van der Waals surface area contributed by atoms with Crippen LogP contribution in [0.4, 0.5) is 5.69 Å². The lowest BCUT2D eigenvalue weighted by Gasteiger charge is -2.24. The van der Waals surface area contributed by atoms with Crippen molar-refractivity contribution in [2.24, 2.45) is 5.10 Å². The number of hydrazone groups is 1. The fraction of sp³-hybridized carbons (Fsp3) is 0.321. The lowest BCUT2D eigenvalue weighted by atomic mass is 9.95. The average molecular weight is 411 g/mol. The first-order chi connectivity index (χ1) is 15.4. The highest BCUT2D eigenvalue weighted by atomic mass is 15.5. The van der Waals surface area contributed by atoms with E-state index in [9.17, 15) is 0 Å². The predicted molar refractivity (Wildman–Crippen MR) is 128 cm³/mol. The van der Waals surface area contributed by atoms with E-state index in [1.54, 1.807) is 0 Å². The molecule has 0 amide bonds. The molecule has 2 aliphatic rings. The minimum Gasteiger partial charge on any atom is -0.340 e. The molecule has 3 nitrogen and oxygen atoms in total. The lowest BCUT2D eigenvalue weighted by Crippen LogP contribution is -2.88. The van der Waals surface area contributed by atoms with Crippen molar-refractivity contribution in [3.05, 3.63) is 102 Å². The SMILES string of the molecule is c1ccc(C2=NN(c3ccc(C[NH2+]C4CCCCC4)cc3)[C@H](c3ccccc3)C2)cc1. The zero-order valence-corrected chi connectivity index (χ0v) is 18.2. The molecule has 0 radical (unpaired) electrons. The average Bonchev–Trinajstić information content (AvgIpc) is 3.30. The fourth-order valence-electron chi connectivity index (χ4n) is 4.95. The summed E-state index contributed by atoms with van der Waals surface area (Å²) in [6.07, 6.45) is 7.90.